The van der Waals surface area contributed by atoms with Crippen molar-refractivity contribution in [3.8, 4) is 5.75 Å². The first kappa shape index (κ1) is 19.0. The number of esters is 1. The van der Waals surface area contributed by atoms with Crippen LogP contribution in [-0.4, -0.2) is 20.4 Å². The fraction of sp³-hybridized carbons (Fsp3) is 0.696. The molecule has 148 valence electrons. The summed E-state index contributed by atoms with van der Waals surface area (Å²) in [6.07, 6.45) is 7.18. The Morgan fingerprint density at radius 2 is 1.93 bits per heavy atom. The quantitative estimate of drug-likeness (QED) is 0.494. The summed E-state index contributed by atoms with van der Waals surface area (Å²) in [6, 6.07) is 6.86. The Hall–Kier alpha value is -1.29. The zero-order chi connectivity index (χ0) is 19.4. The molecule has 0 aromatic heterocycles. The van der Waals surface area contributed by atoms with Gasteiger partial charge in [-0.2, -0.15) is 0 Å². The Labute approximate surface area is 165 Å². The minimum absolute atomic E-state index is 0.118. The Morgan fingerprint density at radius 3 is 2.63 bits per heavy atom. The van der Waals surface area contributed by atoms with Gasteiger partial charge < -0.3 is 9.16 Å². The van der Waals surface area contributed by atoms with Crippen LogP contribution < -0.4 is 4.43 Å². The van der Waals surface area contributed by atoms with Crippen molar-refractivity contribution in [3.63, 3.8) is 0 Å². The standard InChI is InChI=1S/C23H34O3Si/c1-15(24)25-22-11-10-21-20-8-6-16-14-17(26-27(3,4)5)7-9-18(16)19(20)12-13-23(21,22)2/h7,9,14,19-22H,6,8,10-13H2,1-5H3. The molecule has 3 aliphatic carbocycles. The molecule has 0 aliphatic heterocycles. The molecule has 2 saturated carbocycles. The monoisotopic (exact) mass is 386 g/mol. The van der Waals surface area contributed by atoms with Gasteiger partial charge in [0, 0.05) is 12.3 Å². The van der Waals surface area contributed by atoms with E-state index in [2.05, 4.69) is 44.8 Å². The van der Waals surface area contributed by atoms with E-state index in [1.165, 1.54) is 31.2 Å². The summed E-state index contributed by atoms with van der Waals surface area (Å²) in [4.78, 5) is 11.6. The van der Waals surface area contributed by atoms with Gasteiger partial charge in [0.05, 0.1) is 0 Å². The van der Waals surface area contributed by atoms with Crippen LogP contribution in [0.1, 0.15) is 63.0 Å². The lowest BCUT2D eigenvalue weighted by Gasteiger charge is -2.50. The Kier molecular flexibility index (Phi) is 4.69. The predicted octanol–water partition coefficient (Wildman–Crippen LogP) is 5.69. The number of aryl methyl sites for hydroxylation is 1. The molecular formula is C23H34O3Si. The summed E-state index contributed by atoms with van der Waals surface area (Å²) < 4.78 is 12.0. The van der Waals surface area contributed by atoms with Gasteiger partial charge in [-0.25, -0.2) is 0 Å². The van der Waals surface area contributed by atoms with Crippen LogP contribution in [0.25, 0.3) is 0 Å². The van der Waals surface area contributed by atoms with Crippen LogP contribution in [0.15, 0.2) is 18.2 Å². The lowest BCUT2D eigenvalue weighted by Crippen LogP contribution is -2.45. The van der Waals surface area contributed by atoms with Gasteiger partial charge in [0.15, 0.2) is 0 Å². The van der Waals surface area contributed by atoms with Gasteiger partial charge in [0.1, 0.15) is 11.9 Å². The summed E-state index contributed by atoms with van der Waals surface area (Å²) in [5.41, 5.74) is 3.24. The Balaban J connectivity index is 1.57. The number of fused-ring (bicyclic) bond motifs is 5. The van der Waals surface area contributed by atoms with Crippen LogP contribution in [0.5, 0.6) is 5.75 Å². The number of ether oxygens (including phenoxy) is 1. The highest BCUT2D eigenvalue weighted by Crippen LogP contribution is 2.61. The second-order valence-corrected chi connectivity index (χ2v) is 14.6. The van der Waals surface area contributed by atoms with Gasteiger partial charge in [-0.1, -0.05) is 13.0 Å². The van der Waals surface area contributed by atoms with E-state index < -0.39 is 8.32 Å². The largest absolute Gasteiger partial charge is 0.544 e. The highest BCUT2D eigenvalue weighted by atomic mass is 28.4. The molecule has 5 unspecified atom stereocenters. The molecule has 0 saturated heterocycles. The van der Waals surface area contributed by atoms with Crippen LogP contribution in [0.3, 0.4) is 0 Å². The highest BCUT2D eigenvalue weighted by Gasteiger charge is 2.56. The van der Waals surface area contributed by atoms with Crippen LogP contribution in [-0.2, 0) is 16.0 Å². The highest BCUT2D eigenvalue weighted by molar-refractivity contribution is 6.70. The van der Waals surface area contributed by atoms with Gasteiger partial charge in [-0.3, -0.25) is 4.79 Å². The number of hydrogen-bond donors (Lipinski definition) is 0. The average Bonchev–Trinajstić information content (AvgIpc) is 2.89. The molecule has 4 rings (SSSR count). The number of benzene rings is 1. The normalized spacial score (nSPS) is 35.0. The third kappa shape index (κ3) is 3.46. The summed E-state index contributed by atoms with van der Waals surface area (Å²) in [5.74, 6) is 3.03. The topological polar surface area (TPSA) is 35.5 Å². The van der Waals surface area contributed by atoms with Crippen molar-refractivity contribution < 1.29 is 14.0 Å². The second-order valence-electron chi connectivity index (χ2n) is 10.2. The number of rotatable bonds is 3. The van der Waals surface area contributed by atoms with E-state index in [9.17, 15) is 4.79 Å². The number of hydrogen-bond acceptors (Lipinski definition) is 3. The smallest absolute Gasteiger partial charge is 0.302 e. The van der Waals surface area contributed by atoms with Gasteiger partial charge in [-0.15, -0.1) is 0 Å². The first-order valence-corrected chi connectivity index (χ1v) is 14.1. The van der Waals surface area contributed by atoms with E-state index in [4.69, 9.17) is 9.16 Å². The summed E-state index contributed by atoms with van der Waals surface area (Å²) in [5, 5.41) is 0. The molecule has 0 spiro atoms. The maximum atomic E-state index is 11.6. The molecule has 2 fully saturated rings. The molecule has 27 heavy (non-hydrogen) atoms. The maximum absolute atomic E-state index is 11.6. The number of carbonyl (C=O) groups excluding carboxylic acids is 1. The van der Waals surface area contributed by atoms with Crippen molar-refractivity contribution in [1.29, 1.82) is 0 Å². The van der Waals surface area contributed by atoms with Crippen LogP contribution >= 0.6 is 0 Å². The zero-order valence-corrected chi connectivity index (χ0v) is 18.5. The SMILES string of the molecule is CC(=O)OC1CCC2C3CCc4cc(O[Si](C)(C)C)ccc4C3CCC12C. The molecule has 0 heterocycles. The maximum Gasteiger partial charge on any atom is 0.302 e. The fourth-order valence-corrected chi connectivity index (χ4v) is 7.16. The van der Waals surface area contributed by atoms with Crippen LogP contribution in [0, 0.1) is 17.3 Å². The minimum Gasteiger partial charge on any atom is -0.544 e. The Morgan fingerprint density at radius 1 is 1.15 bits per heavy atom. The van der Waals surface area contributed by atoms with E-state index in [1.807, 2.05) is 0 Å². The average molecular weight is 387 g/mol. The molecule has 1 aromatic carbocycles. The molecule has 3 aliphatic rings. The van der Waals surface area contributed by atoms with Crippen molar-refractivity contribution in [1.82, 2.24) is 0 Å². The molecule has 3 nitrogen and oxygen atoms in total. The molecule has 5 atom stereocenters. The molecule has 0 amide bonds. The van der Waals surface area contributed by atoms with Gasteiger partial charge in [0.25, 0.3) is 0 Å². The van der Waals surface area contributed by atoms with Gasteiger partial charge >= 0.3 is 5.97 Å². The molecular weight excluding hydrogens is 352 g/mol. The van der Waals surface area contributed by atoms with Crippen molar-refractivity contribution in [2.24, 2.45) is 17.3 Å². The molecule has 0 N–H and O–H groups in total. The van der Waals surface area contributed by atoms with Crippen molar-refractivity contribution in [3.05, 3.63) is 29.3 Å². The first-order chi connectivity index (χ1) is 12.7. The third-order valence-corrected chi connectivity index (χ3v) is 8.19. The molecule has 1 aromatic rings. The number of carbonyl (C=O) groups is 1. The van der Waals surface area contributed by atoms with E-state index in [-0.39, 0.29) is 17.5 Å². The van der Waals surface area contributed by atoms with Crippen LogP contribution in [0.2, 0.25) is 19.6 Å². The summed E-state index contributed by atoms with van der Waals surface area (Å²) >= 11 is 0. The van der Waals surface area contributed by atoms with E-state index >= 15 is 0 Å². The van der Waals surface area contributed by atoms with E-state index in [0.717, 1.165) is 24.5 Å². The van der Waals surface area contributed by atoms with E-state index in [1.54, 1.807) is 12.5 Å². The van der Waals surface area contributed by atoms with Gasteiger partial charge in [0.2, 0.25) is 8.32 Å². The molecule has 0 bridgehead atoms. The van der Waals surface area contributed by atoms with Crippen molar-refractivity contribution in [2.75, 3.05) is 0 Å². The summed E-state index contributed by atoms with van der Waals surface area (Å²) in [7, 11) is -1.57. The minimum atomic E-state index is -1.57. The van der Waals surface area contributed by atoms with Crippen LogP contribution in [0.4, 0.5) is 0 Å². The zero-order valence-electron chi connectivity index (χ0n) is 17.5. The van der Waals surface area contributed by atoms with Crippen molar-refractivity contribution >= 4 is 14.3 Å². The lowest BCUT2D eigenvalue weighted by molar-refractivity contribution is -0.154. The molecule has 4 heteroatoms. The first-order valence-electron chi connectivity index (χ1n) is 10.7. The predicted molar refractivity (Wildman–Crippen MR) is 111 cm³/mol. The third-order valence-electron chi connectivity index (χ3n) is 7.34. The lowest BCUT2D eigenvalue weighted by atomic mass is 9.55. The van der Waals surface area contributed by atoms with Gasteiger partial charge in [-0.05, 0) is 99.2 Å². The van der Waals surface area contributed by atoms with E-state index in [0.29, 0.717) is 11.8 Å². The summed E-state index contributed by atoms with van der Waals surface area (Å²) in [6.45, 7) is 10.7. The van der Waals surface area contributed by atoms with Crippen molar-refractivity contribution in [2.45, 2.75) is 84.0 Å². The fourth-order valence-electron chi connectivity index (χ4n) is 6.32. The molecule has 0 radical (unpaired) electrons. The second kappa shape index (κ2) is 6.65. The Bertz CT molecular complexity index is 738.